The molecule has 7 heteroatoms. The van der Waals surface area contributed by atoms with Gasteiger partial charge in [-0.3, -0.25) is 19.6 Å². The van der Waals surface area contributed by atoms with Gasteiger partial charge in [0.25, 0.3) is 11.8 Å². The number of aliphatic hydroxyl groups is 1. The monoisotopic (exact) mass is 404 g/mol. The minimum Gasteiger partial charge on any atom is -0.380 e. The number of carbonyl (C=O) groups is 2. The largest absolute Gasteiger partial charge is 0.380 e. The van der Waals surface area contributed by atoms with E-state index in [1.807, 2.05) is 49.4 Å². The van der Waals surface area contributed by atoms with Gasteiger partial charge in [-0.15, -0.1) is 0 Å². The molecule has 3 aliphatic rings. The summed E-state index contributed by atoms with van der Waals surface area (Å²) in [4.78, 5) is 37.5. The molecular weight excluding hydrogens is 380 g/mol. The summed E-state index contributed by atoms with van der Waals surface area (Å²) in [6.45, 7) is 3.86. The van der Waals surface area contributed by atoms with Crippen LogP contribution in [0.25, 0.3) is 11.1 Å². The van der Waals surface area contributed by atoms with Crippen LogP contribution < -0.4 is 10.7 Å². The molecule has 0 bridgehead atoms. The van der Waals surface area contributed by atoms with Gasteiger partial charge in [-0.1, -0.05) is 18.2 Å². The second-order valence-corrected chi connectivity index (χ2v) is 8.29. The Morgan fingerprint density at radius 3 is 2.17 bits per heavy atom. The number of amides is 2. The van der Waals surface area contributed by atoms with E-state index in [4.69, 9.17) is 0 Å². The van der Waals surface area contributed by atoms with Gasteiger partial charge in [0.1, 0.15) is 11.8 Å². The first-order valence-electron chi connectivity index (χ1n) is 10.4. The number of hydrogen-bond acceptors (Lipinski definition) is 5. The van der Waals surface area contributed by atoms with Crippen LogP contribution in [0.5, 0.6) is 0 Å². The van der Waals surface area contributed by atoms with E-state index >= 15 is 0 Å². The van der Waals surface area contributed by atoms with Crippen molar-refractivity contribution < 1.29 is 14.7 Å². The van der Waals surface area contributed by atoms with Crippen molar-refractivity contribution in [3.05, 3.63) is 58.7 Å². The van der Waals surface area contributed by atoms with E-state index in [-0.39, 0.29) is 18.0 Å². The Morgan fingerprint density at radius 1 is 0.900 bits per heavy atom. The Bertz CT molecular complexity index is 1130. The van der Waals surface area contributed by atoms with Crippen molar-refractivity contribution >= 4 is 11.8 Å². The number of piperazine rings is 1. The number of benzene rings is 2. The van der Waals surface area contributed by atoms with Crippen LogP contribution in [-0.4, -0.2) is 64.7 Å². The van der Waals surface area contributed by atoms with Crippen molar-refractivity contribution in [1.29, 1.82) is 0 Å². The first-order chi connectivity index (χ1) is 14.4. The lowest BCUT2D eigenvalue weighted by Crippen LogP contribution is -2.53. The predicted octanol–water partition coefficient (Wildman–Crippen LogP) is 0.762. The van der Waals surface area contributed by atoms with Crippen LogP contribution in [0.3, 0.4) is 0 Å². The molecule has 0 spiro atoms. The fourth-order valence-corrected chi connectivity index (χ4v) is 4.07. The number of fused-ring (bicyclic) bond motifs is 1. The normalized spacial score (nSPS) is 21.5. The molecule has 2 heterocycles. The Hall–Kier alpha value is -3.06. The quantitative estimate of drug-likeness (QED) is 0.820. The Kier molecular flexibility index (Phi) is 4.43. The van der Waals surface area contributed by atoms with Crippen molar-refractivity contribution in [2.75, 3.05) is 26.2 Å². The summed E-state index contributed by atoms with van der Waals surface area (Å²) in [5, 5.41) is 11.8. The maximum atomic E-state index is 12.9. The first kappa shape index (κ1) is 18.9. The number of hydrogen-bond donors (Lipinski definition) is 1. The van der Waals surface area contributed by atoms with Crippen LogP contribution in [0.4, 0.5) is 0 Å². The van der Waals surface area contributed by atoms with E-state index in [2.05, 4.69) is 9.98 Å². The summed E-state index contributed by atoms with van der Waals surface area (Å²) in [5.41, 5.74) is 1.57. The third-order valence-corrected chi connectivity index (χ3v) is 6.07. The minimum absolute atomic E-state index is 0.0294. The molecule has 30 heavy (non-hydrogen) atoms. The van der Waals surface area contributed by atoms with Crippen molar-refractivity contribution in [2.24, 2.45) is 9.98 Å². The molecule has 2 aromatic carbocycles. The van der Waals surface area contributed by atoms with Crippen molar-refractivity contribution in [3.63, 3.8) is 0 Å². The maximum absolute atomic E-state index is 12.9. The zero-order valence-electron chi connectivity index (χ0n) is 16.9. The summed E-state index contributed by atoms with van der Waals surface area (Å²) >= 11 is 0. The fraction of sp³-hybridized carbons (Fsp3) is 0.391. The van der Waals surface area contributed by atoms with Crippen LogP contribution in [0, 0.1) is 0 Å². The minimum atomic E-state index is -1.14. The molecular formula is C23H24N4O3. The first-order valence-corrected chi connectivity index (χ1v) is 10.4. The second-order valence-electron chi connectivity index (χ2n) is 8.29. The highest BCUT2D eigenvalue weighted by molar-refractivity contribution is 5.95. The van der Waals surface area contributed by atoms with Crippen LogP contribution >= 0.6 is 0 Å². The maximum Gasteiger partial charge on any atom is 0.254 e. The fourth-order valence-electron chi connectivity index (χ4n) is 4.07. The standard InChI is InChI=1S/C23H24N4O3/c1-15-24-19-7-6-18(14-20(19)25-15)16-2-4-17(5-3-16)21(28)26-10-12-27(13-11-26)22(29)23(30)8-9-23/h2-7,14-15,30H,8-13H2,1H3. The molecule has 7 nitrogen and oxygen atoms in total. The summed E-state index contributed by atoms with van der Waals surface area (Å²) in [7, 11) is 0. The van der Waals surface area contributed by atoms with Gasteiger partial charge in [0.05, 0.1) is 10.7 Å². The molecule has 1 N–H and O–H groups in total. The number of nitrogens with zero attached hydrogens (tertiary/aromatic N) is 4. The molecule has 2 aromatic rings. The highest BCUT2D eigenvalue weighted by Crippen LogP contribution is 2.37. The lowest BCUT2D eigenvalue weighted by molar-refractivity contribution is -0.143. The van der Waals surface area contributed by atoms with Gasteiger partial charge >= 0.3 is 0 Å². The van der Waals surface area contributed by atoms with Gasteiger partial charge in [0.15, 0.2) is 0 Å². The molecule has 154 valence electrons. The topological polar surface area (TPSA) is 85.6 Å². The van der Waals surface area contributed by atoms with E-state index in [9.17, 15) is 14.7 Å². The molecule has 1 aliphatic carbocycles. The zero-order chi connectivity index (χ0) is 20.9. The third-order valence-electron chi connectivity index (χ3n) is 6.07. The van der Waals surface area contributed by atoms with E-state index in [1.54, 1.807) is 9.80 Å². The summed E-state index contributed by atoms with van der Waals surface area (Å²) in [6, 6.07) is 13.6. The Morgan fingerprint density at radius 2 is 1.50 bits per heavy atom. The molecule has 0 radical (unpaired) electrons. The summed E-state index contributed by atoms with van der Waals surface area (Å²) in [5.74, 6) is -0.224. The molecule has 2 amide bonds. The highest BCUT2D eigenvalue weighted by Gasteiger charge is 2.50. The second kappa shape index (κ2) is 7.02. The molecule has 2 fully saturated rings. The van der Waals surface area contributed by atoms with Gasteiger partial charge in [0, 0.05) is 31.7 Å². The van der Waals surface area contributed by atoms with Gasteiger partial charge in [-0.25, -0.2) is 0 Å². The van der Waals surface area contributed by atoms with E-state index in [0.29, 0.717) is 44.6 Å². The smallest absolute Gasteiger partial charge is 0.254 e. The Balaban J connectivity index is 1.26. The lowest BCUT2D eigenvalue weighted by Gasteiger charge is -2.35. The van der Waals surface area contributed by atoms with Gasteiger partial charge < -0.3 is 14.9 Å². The van der Waals surface area contributed by atoms with Gasteiger partial charge in [-0.2, -0.15) is 0 Å². The van der Waals surface area contributed by atoms with Crippen LogP contribution in [0.15, 0.2) is 52.4 Å². The molecule has 1 saturated carbocycles. The lowest BCUT2D eigenvalue weighted by atomic mass is 10.0. The molecule has 5 rings (SSSR count). The summed E-state index contributed by atoms with van der Waals surface area (Å²) in [6.07, 6.45) is 1.06. The van der Waals surface area contributed by atoms with E-state index < -0.39 is 5.60 Å². The molecule has 1 atom stereocenters. The van der Waals surface area contributed by atoms with E-state index in [1.165, 1.54) is 0 Å². The molecule has 2 aliphatic heterocycles. The number of rotatable bonds is 3. The summed E-state index contributed by atoms with van der Waals surface area (Å²) < 4.78 is 0. The van der Waals surface area contributed by atoms with Gasteiger partial charge in [0.2, 0.25) is 0 Å². The van der Waals surface area contributed by atoms with Crippen LogP contribution in [0.2, 0.25) is 0 Å². The number of carbonyl (C=O) groups excluding carboxylic acids is 2. The average Bonchev–Trinajstić information content (AvgIpc) is 3.41. The van der Waals surface area contributed by atoms with Gasteiger partial charge in [-0.05, 0) is 55.2 Å². The van der Waals surface area contributed by atoms with Crippen molar-refractivity contribution in [3.8, 4) is 11.1 Å². The predicted molar refractivity (Wildman–Crippen MR) is 110 cm³/mol. The van der Waals surface area contributed by atoms with Crippen LogP contribution in [-0.2, 0) is 4.79 Å². The molecule has 0 aromatic heterocycles. The molecule has 1 saturated heterocycles. The third kappa shape index (κ3) is 3.39. The van der Waals surface area contributed by atoms with Crippen LogP contribution in [0.1, 0.15) is 30.1 Å². The van der Waals surface area contributed by atoms with Crippen molar-refractivity contribution in [2.45, 2.75) is 31.5 Å². The Labute approximate surface area is 174 Å². The SMILES string of the molecule is CC1N=c2ccc(-c3ccc(C(=O)N4CCN(C(=O)C5(O)CC5)CC4)cc3)cc2=N1. The van der Waals surface area contributed by atoms with E-state index in [0.717, 1.165) is 21.8 Å². The molecule has 1 unspecified atom stereocenters. The average molecular weight is 404 g/mol. The zero-order valence-corrected chi connectivity index (χ0v) is 16.9. The van der Waals surface area contributed by atoms with Crippen molar-refractivity contribution in [1.82, 2.24) is 9.80 Å². The highest BCUT2D eigenvalue weighted by atomic mass is 16.3.